The van der Waals surface area contributed by atoms with Crippen LogP contribution in [0.25, 0.3) is 0 Å². The molecule has 1 aliphatic heterocycles. The van der Waals surface area contributed by atoms with Crippen LogP contribution in [-0.2, 0) is 19.9 Å². The molecule has 1 fully saturated rings. The number of sulfonamides is 1. The number of benzene rings is 1. The molecule has 1 aromatic rings. The van der Waals surface area contributed by atoms with Gasteiger partial charge in [0.2, 0.25) is 10.0 Å². The fraction of sp³-hybridized carbons (Fsp3) is 0.500. The van der Waals surface area contributed by atoms with E-state index in [2.05, 4.69) is 4.72 Å². The summed E-state index contributed by atoms with van der Waals surface area (Å²) in [5.74, 6) is -0.720. The second-order valence-electron chi connectivity index (χ2n) is 4.94. The van der Waals surface area contributed by atoms with Gasteiger partial charge in [-0.05, 0) is 32.2 Å². The second-order valence-corrected chi connectivity index (χ2v) is 9.37. The number of rotatable bonds is 3. The molecule has 0 saturated carbocycles. The first-order valence-electron chi connectivity index (χ1n) is 6.37. The molecule has 6 nitrogen and oxygen atoms in total. The van der Waals surface area contributed by atoms with Gasteiger partial charge >= 0.3 is 0 Å². The third-order valence-electron chi connectivity index (χ3n) is 3.58. The summed E-state index contributed by atoms with van der Waals surface area (Å²) in [7, 11) is -5.57. The van der Waals surface area contributed by atoms with Crippen LogP contribution < -0.4 is 9.62 Å². The molecule has 9 heteroatoms. The first-order valence-corrected chi connectivity index (χ1v) is 9.57. The van der Waals surface area contributed by atoms with E-state index in [-0.39, 0.29) is 29.4 Å². The summed E-state index contributed by atoms with van der Waals surface area (Å²) in [5.41, 5.74) is 0.215. The van der Waals surface area contributed by atoms with Crippen molar-refractivity contribution < 1.29 is 21.2 Å². The highest BCUT2D eigenvalue weighted by Gasteiger charge is 2.30. The maximum Gasteiger partial charge on any atom is 0.240 e. The van der Waals surface area contributed by atoms with Gasteiger partial charge in [-0.3, -0.25) is 0 Å². The quantitative estimate of drug-likeness (QED) is 0.861. The van der Waals surface area contributed by atoms with Gasteiger partial charge in [-0.25, -0.2) is 25.9 Å². The van der Waals surface area contributed by atoms with E-state index in [1.807, 2.05) is 0 Å². The summed E-state index contributed by atoms with van der Waals surface area (Å²) in [5, 5.41) is -0.577. The van der Waals surface area contributed by atoms with Crippen LogP contribution in [0.2, 0.25) is 0 Å². The van der Waals surface area contributed by atoms with Crippen molar-refractivity contribution in [2.45, 2.75) is 17.1 Å². The van der Waals surface area contributed by atoms with E-state index in [4.69, 9.17) is 0 Å². The Labute approximate surface area is 123 Å². The lowest BCUT2D eigenvalue weighted by Crippen LogP contribution is -2.45. The molecule has 1 aromatic carbocycles. The van der Waals surface area contributed by atoms with E-state index in [0.717, 1.165) is 6.07 Å². The topological polar surface area (TPSA) is 83.6 Å². The maximum absolute atomic E-state index is 14.1. The number of halogens is 1. The zero-order chi connectivity index (χ0) is 15.8. The standard InChI is InChI=1S/C12H17FN2O4S2/c1-9-8-15(5-6-20(9,16)17)12-4-3-10(7-11(12)13)21(18,19)14-2/h3-4,7,9,14H,5-6,8H2,1-2H3. The van der Waals surface area contributed by atoms with Gasteiger partial charge in [0.05, 0.1) is 21.6 Å². The van der Waals surface area contributed by atoms with Gasteiger partial charge in [-0.1, -0.05) is 0 Å². The summed E-state index contributed by atoms with van der Waals surface area (Å²) < 4.78 is 62.8. The molecule has 1 N–H and O–H groups in total. The number of sulfone groups is 1. The molecule has 21 heavy (non-hydrogen) atoms. The smallest absolute Gasteiger partial charge is 0.240 e. The largest absolute Gasteiger partial charge is 0.367 e. The van der Waals surface area contributed by atoms with Gasteiger partial charge < -0.3 is 4.90 Å². The van der Waals surface area contributed by atoms with Crippen LogP contribution in [0, 0.1) is 5.82 Å². The van der Waals surface area contributed by atoms with Crippen LogP contribution in [0.15, 0.2) is 23.1 Å². The van der Waals surface area contributed by atoms with E-state index in [1.165, 1.54) is 19.2 Å². The van der Waals surface area contributed by atoms with E-state index in [0.29, 0.717) is 0 Å². The Morgan fingerprint density at radius 3 is 2.57 bits per heavy atom. The predicted octanol–water partition coefficient (Wildman–Crippen LogP) is 0.357. The Morgan fingerprint density at radius 2 is 2.05 bits per heavy atom. The van der Waals surface area contributed by atoms with Crippen LogP contribution in [0.3, 0.4) is 0 Å². The molecule has 1 atom stereocenters. The first-order chi connectivity index (χ1) is 9.67. The van der Waals surface area contributed by atoms with Gasteiger partial charge in [0.1, 0.15) is 5.82 Å². The van der Waals surface area contributed by atoms with Crippen molar-refractivity contribution in [1.29, 1.82) is 0 Å². The molecule has 0 amide bonds. The summed E-state index contributed by atoms with van der Waals surface area (Å²) in [6.45, 7) is 1.97. The second kappa shape index (κ2) is 5.54. The highest BCUT2D eigenvalue weighted by atomic mass is 32.2. The third kappa shape index (κ3) is 3.19. The molecule has 0 aromatic heterocycles. The van der Waals surface area contributed by atoms with E-state index in [1.54, 1.807) is 11.8 Å². The molecular weight excluding hydrogens is 319 g/mol. The molecule has 1 saturated heterocycles. The van der Waals surface area contributed by atoms with Gasteiger partial charge in [-0.2, -0.15) is 0 Å². The van der Waals surface area contributed by atoms with Crippen molar-refractivity contribution in [2.75, 3.05) is 30.8 Å². The fourth-order valence-corrected chi connectivity index (χ4v) is 4.23. The highest BCUT2D eigenvalue weighted by Crippen LogP contribution is 2.25. The Balaban J connectivity index is 2.31. The van der Waals surface area contributed by atoms with Crippen molar-refractivity contribution in [3.63, 3.8) is 0 Å². The Kier molecular flexibility index (Phi) is 4.27. The molecule has 1 aliphatic rings. The van der Waals surface area contributed by atoms with Crippen molar-refractivity contribution in [3.8, 4) is 0 Å². The summed E-state index contributed by atoms with van der Waals surface area (Å²) >= 11 is 0. The zero-order valence-corrected chi connectivity index (χ0v) is 13.3. The lowest BCUT2D eigenvalue weighted by atomic mass is 10.2. The number of nitrogens with zero attached hydrogens (tertiary/aromatic N) is 1. The highest BCUT2D eigenvalue weighted by molar-refractivity contribution is 7.92. The molecule has 1 unspecified atom stereocenters. The van der Waals surface area contributed by atoms with Crippen LogP contribution in [0.5, 0.6) is 0 Å². The normalized spacial score (nSPS) is 22.2. The SMILES string of the molecule is CNS(=O)(=O)c1ccc(N2CCS(=O)(=O)C(C)C2)c(F)c1. The molecule has 0 radical (unpaired) electrons. The number of nitrogens with one attached hydrogen (secondary N) is 1. The van der Waals surface area contributed by atoms with Crippen molar-refractivity contribution in [1.82, 2.24) is 4.72 Å². The zero-order valence-electron chi connectivity index (χ0n) is 11.7. The summed E-state index contributed by atoms with van der Waals surface area (Å²) in [4.78, 5) is 1.46. The van der Waals surface area contributed by atoms with Gasteiger partial charge in [0.15, 0.2) is 9.84 Å². The number of anilines is 1. The first kappa shape index (κ1) is 16.2. The van der Waals surface area contributed by atoms with E-state index < -0.39 is 30.9 Å². The molecule has 118 valence electrons. The minimum Gasteiger partial charge on any atom is -0.367 e. The van der Waals surface area contributed by atoms with Crippen LogP contribution in [0.4, 0.5) is 10.1 Å². The minimum absolute atomic E-state index is 0.0375. The van der Waals surface area contributed by atoms with Gasteiger partial charge in [0, 0.05) is 13.1 Å². The molecule has 0 aliphatic carbocycles. The Bertz CT molecular complexity index is 747. The summed E-state index contributed by atoms with van der Waals surface area (Å²) in [6, 6.07) is 3.61. The van der Waals surface area contributed by atoms with Crippen molar-refractivity contribution in [2.24, 2.45) is 0 Å². The van der Waals surface area contributed by atoms with Crippen molar-refractivity contribution in [3.05, 3.63) is 24.0 Å². The fourth-order valence-electron chi connectivity index (χ4n) is 2.20. The molecule has 1 heterocycles. The Morgan fingerprint density at radius 1 is 1.38 bits per heavy atom. The monoisotopic (exact) mass is 336 g/mol. The molecule has 0 bridgehead atoms. The van der Waals surface area contributed by atoms with E-state index >= 15 is 0 Å². The molecule has 0 spiro atoms. The van der Waals surface area contributed by atoms with Gasteiger partial charge in [-0.15, -0.1) is 0 Å². The average Bonchev–Trinajstić information content (AvgIpc) is 2.42. The van der Waals surface area contributed by atoms with Crippen LogP contribution in [-0.4, -0.2) is 48.0 Å². The lowest BCUT2D eigenvalue weighted by molar-refractivity contribution is 0.563. The molecule has 2 rings (SSSR count). The predicted molar refractivity (Wildman–Crippen MR) is 78.1 cm³/mol. The lowest BCUT2D eigenvalue weighted by Gasteiger charge is -2.32. The summed E-state index contributed by atoms with van der Waals surface area (Å²) in [6.07, 6.45) is 0. The van der Waals surface area contributed by atoms with Crippen LogP contribution >= 0.6 is 0 Å². The van der Waals surface area contributed by atoms with E-state index in [9.17, 15) is 21.2 Å². The number of hydrogen-bond donors (Lipinski definition) is 1. The maximum atomic E-state index is 14.1. The van der Waals surface area contributed by atoms with Crippen molar-refractivity contribution >= 4 is 25.5 Å². The number of hydrogen-bond acceptors (Lipinski definition) is 5. The molecular formula is C12H17FN2O4S2. The van der Waals surface area contributed by atoms with Crippen LogP contribution in [0.1, 0.15) is 6.92 Å². The minimum atomic E-state index is -3.70. The third-order valence-corrected chi connectivity index (χ3v) is 7.11. The van der Waals surface area contributed by atoms with Gasteiger partial charge in [0.25, 0.3) is 0 Å². The Hall–Kier alpha value is -1.19. The average molecular weight is 336 g/mol.